The molecule has 1 aliphatic rings. The minimum atomic E-state index is -0.432. The van der Waals surface area contributed by atoms with Gasteiger partial charge in [-0.3, -0.25) is 9.59 Å². The summed E-state index contributed by atoms with van der Waals surface area (Å²) in [5, 5.41) is 0. The van der Waals surface area contributed by atoms with Crippen molar-refractivity contribution in [1.29, 1.82) is 0 Å². The third kappa shape index (κ3) is 7.17. The summed E-state index contributed by atoms with van der Waals surface area (Å²) >= 11 is 0. The van der Waals surface area contributed by atoms with E-state index in [1.807, 2.05) is 13.8 Å². The number of esters is 2. The Morgan fingerprint density at radius 3 is 2.07 bits per heavy atom. The molecule has 2 unspecified atom stereocenters. The highest BCUT2D eigenvalue weighted by Gasteiger charge is 2.38. The smallest absolute Gasteiger partial charge is 0.315 e. The van der Waals surface area contributed by atoms with Crippen molar-refractivity contribution in [1.82, 2.24) is 0 Å². The Morgan fingerprint density at radius 1 is 0.929 bits per heavy atom. The maximum absolute atomic E-state index is 12.7. The maximum atomic E-state index is 12.7. The number of carbonyl (C=O) groups excluding carboxylic acids is 2. The summed E-state index contributed by atoms with van der Waals surface area (Å²) in [6, 6.07) is 7.00. The fraction of sp³-hybridized carbons (Fsp3) is 0.652. The first kappa shape index (κ1) is 22.3. The number of rotatable bonds is 9. The molecule has 1 saturated carbocycles. The lowest BCUT2D eigenvalue weighted by atomic mass is 9.79. The van der Waals surface area contributed by atoms with Crippen LogP contribution in [0, 0.1) is 17.8 Å². The predicted octanol–water partition coefficient (Wildman–Crippen LogP) is 5.17. The Morgan fingerprint density at radius 2 is 1.50 bits per heavy atom. The molecule has 1 aromatic rings. The highest BCUT2D eigenvalue weighted by Crippen LogP contribution is 2.33. The van der Waals surface area contributed by atoms with Crippen molar-refractivity contribution in [3.63, 3.8) is 0 Å². The van der Waals surface area contributed by atoms with E-state index in [4.69, 9.17) is 14.2 Å². The van der Waals surface area contributed by atoms with Crippen LogP contribution in [0.5, 0.6) is 11.5 Å². The van der Waals surface area contributed by atoms with E-state index in [0.717, 1.165) is 31.4 Å². The average Bonchev–Trinajstić information content (AvgIpc) is 2.66. The molecule has 1 aliphatic carbocycles. The summed E-state index contributed by atoms with van der Waals surface area (Å²) in [6.07, 6.45) is 5.19. The van der Waals surface area contributed by atoms with Gasteiger partial charge in [-0.25, -0.2) is 0 Å². The SMILES string of the molecule is CC(C)CCCOC(=O)C1CCCCC1C(=O)Oc1ccc(OC(C)C)cc1. The molecular weight excluding hydrogens is 356 g/mol. The van der Waals surface area contributed by atoms with Gasteiger partial charge in [-0.05, 0) is 69.7 Å². The van der Waals surface area contributed by atoms with E-state index in [-0.39, 0.29) is 18.0 Å². The van der Waals surface area contributed by atoms with E-state index in [1.54, 1.807) is 24.3 Å². The third-order valence-corrected chi connectivity index (χ3v) is 4.96. The normalized spacial score (nSPS) is 19.5. The molecule has 28 heavy (non-hydrogen) atoms. The second-order valence-electron chi connectivity index (χ2n) is 8.26. The molecule has 0 amide bonds. The Balaban J connectivity index is 1.91. The Bertz CT molecular complexity index is 620. The van der Waals surface area contributed by atoms with Gasteiger partial charge in [0.05, 0.1) is 24.5 Å². The number of hydrogen-bond acceptors (Lipinski definition) is 5. The first-order valence-corrected chi connectivity index (χ1v) is 10.5. The van der Waals surface area contributed by atoms with Crippen LogP contribution in [-0.4, -0.2) is 24.6 Å². The van der Waals surface area contributed by atoms with Crippen LogP contribution in [0.2, 0.25) is 0 Å². The molecule has 0 spiro atoms. The third-order valence-electron chi connectivity index (χ3n) is 4.96. The zero-order chi connectivity index (χ0) is 20.5. The first-order valence-electron chi connectivity index (χ1n) is 10.5. The minimum absolute atomic E-state index is 0.0861. The van der Waals surface area contributed by atoms with Crippen molar-refractivity contribution < 1.29 is 23.8 Å². The first-order chi connectivity index (χ1) is 13.4. The molecule has 0 heterocycles. The van der Waals surface area contributed by atoms with Crippen LogP contribution in [0.15, 0.2) is 24.3 Å². The van der Waals surface area contributed by atoms with Gasteiger partial charge in [-0.15, -0.1) is 0 Å². The van der Waals surface area contributed by atoms with Crippen LogP contribution >= 0.6 is 0 Å². The summed E-state index contributed by atoms with van der Waals surface area (Å²) in [5.41, 5.74) is 0. The van der Waals surface area contributed by atoms with Crippen LogP contribution in [0.4, 0.5) is 0 Å². The van der Waals surface area contributed by atoms with Gasteiger partial charge >= 0.3 is 11.9 Å². The number of ether oxygens (including phenoxy) is 3. The predicted molar refractivity (Wildman–Crippen MR) is 108 cm³/mol. The molecule has 0 bridgehead atoms. The summed E-state index contributed by atoms with van der Waals surface area (Å²) in [4.78, 5) is 25.2. The zero-order valence-electron chi connectivity index (χ0n) is 17.6. The fourth-order valence-electron chi connectivity index (χ4n) is 3.52. The van der Waals surface area contributed by atoms with Gasteiger partial charge in [0.2, 0.25) is 0 Å². The Kier molecular flexibility index (Phi) is 8.81. The van der Waals surface area contributed by atoms with Crippen LogP contribution in [-0.2, 0) is 14.3 Å². The van der Waals surface area contributed by atoms with Crippen LogP contribution < -0.4 is 9.47 Å². The molecule has 156 valence electrons. The topological polar surface area (TPSA) is 61.8 Å². The lowest BCUT2D eigenvalue weighted by molar-refractivity contribution is -0.158. The summed E-state index contributed by atoms with van der Waals surface area (Å²) < 4.78 is 16.6. The van der Waals surface area contributed by atoms with Gasteiger partial charge in [0.1, 0.15) is 11.5 Å². The number of benzene rings is 1. The van der Waals surface area contributed by atoms with E-state index in [0.29, 0.717) is 31.1 Å². The van der Waals surface area contributed by atoms with Gasteiger partial charge in [-0.2, -0.15) is 0 Å². The summed E-state index contributed by atoms with van der Waals surface area (Å²) in [7, 11) is 0. The van der Waals surface area contributed by atoms with Crippen molar-refractivity contribution in [2.45, 2.75) is 72.3 Å². The van der Waals surface area contributed by atoms with E-state index in [9.17, 15) is 9.59 Å². The van der Waals surface area contributed by atoms with Crippen molar-refractivity contribution in [2.24, 2.45) is 17.8 Å². The van der Waals surface area contributed by atoms with E-state index in [2.05, 4.69) is 13.8 Å². The molecule has 5 heteroatoms. The highest BCUT2D eigenvalue weighted by molar-refractivity contribution is 5.83. The molecule has 1 aromatic carbocycles. The van der Waals surface area contributed by atoms with Crippen molar-refractivity contribution in [3.05, 3.63) is 24.3 Å². The van der Waals surface area contributed by atoms with E-state index in [1.165, 1.54) is 0 Å². The molecule has 5 nitrogen and oxygen atoms in total. The molecule has 2 atom stereocenters. The van der Waals surface area contributed by atoms with Crippen LogP contribution in [0.3, 0.4) is 0 Å². The molecule has 1 fully saturated rings. The summed E-state index contributed by atoms with van der Waals surface area (Å²) in [6.45, 7) is 8.64. The van der Waals surface area contributed by atoms with Gasteiger partial charge in [-0.1, -0.05) is 26.7 Å². The van der Waals surface area contributed by atoms with Gasteiger partial charge in [0.25, 0.3) is 0 Å². The van der Waals surface area contributed by atoms with Crippen molar-refractivity contribution in [3.8, 4) is 11.5 Å². The van der Waals surface area contributed by atoms with Gasteiger partial charge in [0.15, 0.2) is 0 Å². The van der Waals surface area contributed by atoms with Crippen molar-refractivity contribution in [2.75, 3.05) is 6.61 Å². The Labute approximate surface area is 168 Å². The van der Waals surface area contributed by atoms with Crippen LogP contribution in [0.25, 0.3) is 0 Å². The van der Waals surface area contributed by atoms with Crippen LogP contribution in [0.1, 0.15) is 66.2 Å². The second kappa shape index (κ2) is 11.1. The fourth-order valence-corrected chi connectivity index (χ4v) is 3.52. The number of carbonyl (C=O) groups is 2. The lowest BCUT2D eigenvalue weighted by Crippen LogP contribution is -2.36. The number of hydrogen-bond donors (Lipinski definition) is 0. The average molecular weight is 391 g/mol. The standard InChI is InChI=1S/C23H34O5/c1-16(2)8-7-15-26-22(24)20-9-5-6-10-21(20)23(25)28-19-13-11-18(12-14-19)27-17(3)4/h11-14,16-17,20-21H,5-10,15H2,1-4H3. The maximum Gasteiger partial charge on any atom is 0.315 e. The van der Waals surface area contributed by atoms with E-state index < -0.39 is 11.8 Å². The minimum Gasteiger partial charge on any atom is -0.491 e. The largest absolute Gasteiger partial charge is 0.491 e. The van der Waals surface area contributed by atoms with Gasteiger partial charge < -0.3 is 14.2 Å². The van der Waals surface area contributed by atoms with E-state index >= 15 is 0 Å². The quantitative estimate of drug-likeness (QED) is 0.331. The molecule has 2 rings (SSSR count). The summed E-state index contributed by atoms with van der Waals surface area (Å²) in [5.74, 6) is 0.355. The monoisotopic (exact) mass is 390 g/mol. The molecule has 0 aromatic heterocycles. The molecular formula is C23H34O5. The lowest BCUT2D eigenvalue weighted by Gasteiger charge is -2.28. The molecule has 0 radical (unpaired) electrons. The van der Waals surface area contributed by atoms with Gasteiger partial charge in [0, 0.05) is 0 Å². The zero-order valence-corrected chi connectivity index (χ0v) is 17.6. The Hall–Kier alpha value is -2.04. The molecule has 0 aliphatic heterocycles. The molecule has 0 N–H and O–H groups in total. The highest BCUT2D eigenvalue weighted by atomic mass is 16.5. The van der Waals surface area contributed by atoms with Crippen molar-refractivity contribution >= 4 is 11.9 Å². The second-order valence-corrected chi connectivity index (χ2v) is 8.26. The molecule has 0 saturated heterocycles.